The largest absolute Gasteiger partial charge is 0.333 e. The predicted molar refractivity (Wildman–Crippen MR) is 161 cm³/mol. The summed E-state index contributed by atoms with van der Waals surface area (Å²) in [5.74, 6) is 0.135. The van der Waals surface area contributed by atoms with Crippen molar-refractivity contribution >= 4 is 39.5 Å². The lowest BCUT2D eigenvalue weighted by Crippen LogP contribution is -2.46. The Morgan fingerprint density at radius 3 is 2.40 bits per heavy atom. The second-order valence-corrected chi connectivity index (χ2v) is 11.5. The lowest BCUT2D eigenvalue weighted by molar-refractivity contribution is 0.102. The summed E-state index contributed by atoms with van der Waals surface area (Å²) in [5.41, 5.74) is 5.21. The first kappa shape index (κ1) is 28.7. The number of hydrogen-bond acceptors (Lipinski definition) is 7. The minimum Gasteiger partial charge on any atom is -0.333 e. The fourth-order valence-electron chi connectivity index (χ4n) is 4.45. The molecular formula is C30H31N7O4S. The zero-order valence-electron chi connectivity index (χ0n) is 23.0. The van der Waals surface area contributed by atoms with Gasteiger partial charge in [-0.3, -0.25) is 4.79 Å². The van der Waals surface area contributed by atoms with Crippen molar-refractivity contribution in [3.63, 3.8) is 0 Å². The first-order valence-corrected chi connectivity index (χ1v) is 14.9. The van der Waals surface area contributed by atoms with E-state index in [2.05, 4.69) is 25.9 Å². The number of aryl methyl sites for hydroxylation is 1. The van der Waals surface area contributed by atoms with E-state index in [4.69, 9.17) is 0 Å². The molecule has 3 amide bonds. The zero-order valence-corrected chi connectivity index (χ0v) is 23.8. The topological polar surface area (TPSA) is 145 Å². The van der Waals surface area contributed by atoms with E-state index in [0.29, 0.717) is 35.9 Å². The molecule has 0 saturated carbocycles. The van der Waals surface area contributed by atoms with E-state index in [1.54, 1.807) is 30.5 Å². The maximum Gasteiger partial charge on any atom is 0.329 e. The third-order valence-electron chi connectivity index (χ3n) is 6.76. The van der Waals surface area contributed by atoms with Crippen LogP contribution < -0.4 is 20.7 Å². The van der Waals surface area contributed by atoms with Crippen LogP contribution in [0.3, 0.4) is 0 Å². The summed E-state index contributed by atoms with van der Waals surface area (Å²) < 4.78 is 27.7. The van der Waals surface area contributed by atoms with Crippen molar-refractivity contribution in [2.24, 2.45) is 0 Å². The molecule has 0 atom stereocenters. The highest BCUT2D eigenvalue weighted by Crippen LogP contribution is 2.25. The van der Waals surface area contributed by atoms with Crippen LogP contribution in [-0.2, 0) is 16.8 Å². The van der Waals surface area contributed by atoms with E-state index in [1.807, 2.05) is 66.2 Å². The van der Waals surface area contributed by atoms with E-state index in [1.165, 1.54) is 4.31 Å². The van der Waals surface area contributed by atoms with Crippen LogP contribution in [0, 0.1) is 6.92 Å². The molecule has 0 bridgehead atoms. The summed E-state index contributed by atoms with van der Waals surface area (Å²) >= 11 is 0. The average Bonchev–Trinajstić information content (AvgIpc) is 3.55. The molecule has 1 aromatic heterocycles. The van der Waals surface area contributed by atoms with Crippen LogP contribution in [0.1, 0.15) is 34.3 Å². The number of urea groups is 1. The second kappa shape index (κ2) is 12.8. The second-order valence-electron chi connectivity index (χ2n) is 9.83. The van der Waals surface area contributed by atoms with Gasteiger partial charge in [-0.05, 0) is 61.2 Å². The summed E-state index contributed by atoms with van der Waals surface area (Å²) in [7, 11) is -3.84. The highest BCUT2D eigenvalue weighted by atomic mass is 32.2. The SMILES string of the molecule is Cc1ccc(NC(=O)c2ccc(CNC(=O)NS(=O)(=O)N3CCCC3)cc2)cc1Nc1nccc(-c2ccccc2)n1. The summed E-state index contributed by atoms with van der Waals surface area (Å²) in [6.45, 7) is 2.86. The third-order valence-corrected chi connectivity index (χ3v) is 8.25. The highest BCUT2D eigenvalue weighted by molar-refractivity contribution is 7.87. The van der Waals surface area contributed by atoms with Crippen molar-refractivity contribution in [2.75, 3.05) is 23.7 Å². The number of hydrogen-bond donors (Lipinski definition) is 4. The van der Waals surface area contributed by atoms with Crippen molar-refractivity contribution in [3.8, 4) is 11.3 Å². The minimum atomic E-state index is -3.84. The number of carbonyl (C=O) groups is 2. The van der Waals surface area contributed by atoms with E-state index < -0.39 is 16.2 Å². The van der Waals surface area contributed by atoms with Crippen LogP contribution in [0.2, 0.25) is 0 Å². The third kappa shape index (κ3) is 7.28. The summed E-state index contributed by atoms with van der Waals surface area (Å²) in [5, 5.41) is 8.68. The Kier molecular flexibility index (Phi) is 8.74. The Morgan fingerprint density at radius 1 is 0.929 bits per heavy atom. The molecule has 2 heterocycles. The highest BCUT2D eigenvalue weighted by Gasteiger charge is 2.26. The van der Waals surface area contributed by atoms with Crippen LogP contribution in [0.5, 0.6) is 0 Å². The summed E-state index contributed by atoms with van der Waals surface area (Å²) in [6.07, 6.45) is 3.26. The fourth-order valence-corrected chi connectivity index (χ4v) is 5.62. The van der Waals surface area contributed by atoms with Crippen LogP contribution in [0.25, 0.3) is 11.3 Å². The number of anilines is 3. The standard InChI is InChI=1S/C30H31N7O4S/c1-21-9-14-25(19-27(21)35-29-31-16-15-26(34-29)23-7-3-2-4-8-23)33-28(38)24-12-10-22(11-13-24)20-32-30(39)36-42(40,41)37-17-5-6-18-37/h2-4,7-16,19H,5-6,17-18,20H2,1H3,(H,33,38)(H,31,34,35)(H2,32,36,39). The van der Waals surface area contributed by atoms with Crippen molar-refractivity contribution in [2.45, 2.75) is 26.3 Å². The first-order valence-electron chi connectivity index (χ1n) is 13.5. The Bertz CT molecular complexity index is 1670. The number of nitrogens with zero attached hydrogens (tertiary/aromatic N) is 3. The van der Waals surface area contributed by atoms with Gasteiger partial charge in [-0.2, -0.15) is 12.7 Å². The quantitative estimate of drug-likeness (QED) is 0.225. The monoisotopic (exact) mass is 585 g/mol. The molecule has 5 rings (SSSR count). The number of benzene rings is 3. The van der Waals surface area contributed by atoms with Gasteiger partial charge >= 0.3 is 16.2 Å². The van der Waals surface area contributed by atoms with Crippen LogP contribution >= 0.6 is 0 Å². The number of rotatable bonds is 9. The molecule has 11 nitrogen and oxygen atoms in total. The molecule has 216 valence electrons. The predicted octanol–water partition coefficient (Wildman–Crippen LogP) is 4.59. The molecule has 4 aromatic rings. The van der Waals surface area contributed by atoms with Crippen LogP contribution in [0.15, 0.2) is 85.1 Å². The summed E-state index contributed by atoms with van der Waals surface area (Å²) in [6, 6.07) is 23.1. The van der Waals surface area contributed by atoms with Gasteiger partial charge in [0.1, 0.15) is 0 Å². The number of aromatic nitrogens is 2. The van der Waals surface area contributed by atoms with E-state index in [9.17, 15) is 18.0 Å². The Balaban J connectivity index is 1.17. The lowest BCUT2D eigenvalue weighted by atomic mass is 10.1. The zero-order chi connectivity index (χ0) is 29.5. The molecule has 3 aromatic carbocycles. The van der Waals surface area contributed by atoms with Crippen molar-refractivity contribution < 1.29 is 18.0 Å². The molecule has 12 heteroatoms. The van der Waals surface area contributed by atoms with Gasteiger partial charge in [0.25, 0.3) is 5.91 Å². The molecule has 4 N–H and O–H groups in total. The number of amides is 3. The molecule has 1 aliphatic heterocycles. The Labute approximate surface area is 244 Å². The lowest BCUT2D eigenvalue weighted by Gasteiger charge is -2.16. The molecule has 1 fully saturated rings. The molecular weight excluding hydrogens is 554 g/mol. The molecule has 0 radical (unpaired) electrons. The van der Waals surface area contributed by atoms with E-state index in [0.717, 1.165) is 35.3 Å². The molecule has 0 aliphatic carbocycles. The van der Waals surface area contributed by atoms with Crippen molar-refractivity contribution in [1.82, 2.24) is 24.3 Å². The number of nitrogens with one attached hydrogen (secondary N) is 4. The fraction of sp³-hybridized carbons (Fsp3) is 0.200. The van der Waals surface area contributed by atoms with Gasteiger partial charge in [0.05, 0.1) is 5.69 Å². The Morgan fingerprint density at radius 2 is 1.67 bits per heavy atom. The maximum absolute atomic E-state index is 12.9. The van der Waals surface area contributed by atoms with Gasteiger partial charge in [-0.15, -0.1) is 0 Å². The first-order chi connectivity index (χ1) is 20.3. The van der Waals surface area contributed by atoms with Crippen LogP contribution in [0.4, 0.5) is 22.1 Å². The summed E-state index contributed by atoms with van der Waals surface area (Å²) in [4.78, 5) is 34.0. The van der Waals surface area contributed by atoms with Crippen LogP contribution in [-0.4, -0.2) is 47.7 Å². The normalized spacial score (nSPS) is 13.4. The smallest absolute Gasteiger partial charge is 0.329 e. The average molecular weight is 586 g/mol. The maximum atomic E-state index is 12.9. The van der Waals surface area contributed by atoms with Crippen molar-refractivity contribution in [3.05, 3.63) is 102 Å². The number of carbonyl (C=O) groups excluding carboxylic acids is 2. The van der Waals surface area contributed by atoms with Gasteiger partial charge < -0.3 is 16.0 Å². The van der Waals surface area contributed by atoms with Crippen molar-refractivity contribution in [1.29, 1.82) is 0 Å². The van der Waals surface area contributed by atoms with Gasteiger partial charge in [0, 0.05) is 48.3 Å². The van der Waals surface area contributed by atoms with E-state index in [-0.39, 0.29) is 12.5 Å². The minimum absolute atomic E-state index is 0.101. The molecule has 0 unspecified atom stereocenters. The van der Waals surface area contributed by atoms with Gasteiger partial charge in [-0.25, -0.2) is 19.5 Å². The van der Waals surface area contributed by atoms with Gasteiger partial charge in [0.2, 0.25) is 5.95 Å². The molecule has 1 aliphatic rings. The molecule has 0 spiro atoms. The van der Waals surface area contributed by atoms with Gasteiger partial charge in [0.15, 0.2) is 0 Å². The Hall–Kier alpha value is -4.81. The molecule has 42 heavy (non-hydrogen) atoms. The van der Waals surface area contributed by atoms with Gasteiger partial charge in [-0.1, -0.05) is 48.5 Å². The van der Waals surface area contributed by atoms with E-state index >= 15 is 0 Å². The molecule has 1 saturated heterocycles.